The molecule has 2 saturated heterocycles. The third-order valence-electron chi connectivity index (χ3n) is 4.83. The van der Waals surface area contributed by atoms with E-state index in [1.54, 1.807) is 7.11 Å². The minimum atomic E-state index is 0.0480. The molecule has 1 aromatic rings. The largest absolute Gasteiger partial charge is 0.497 e. The summed E-state index contributed by atoms with van der Waals surface area (Å²) in [6, 6.07) is 8.03. The molecule has 0 aromatic heterocycles. The zero-order valence-corrected chi connectivity index (χ0v) is 14.7. The van der Waals surface area contributed by atoms with E-state index in [0.717, 1.165) is 44.2 Å². The first-order valence-corrected chi connectivity index (χ1v) is 8.81. The van der Waals surface area contributed by atoms with Gasteiger partial charge in [0.15, 0.2) is 0 Å². The summed E-state index contributed by atoms with van der Waals surface area (Å²) in [5.41, 5.74) is 1.16. The minimum absolute atomic E-state index is 0.0480. The highest BCUT2D eigenvalue weighted by atomic mass is 16.5. The molecule has 136 valence electrons. The monoisotopic (exact) mass is 346 g/mol. The van der Waals surface area contributed by atoms with E-state index in [-0.39, 0.29) is 11.8 Å². The summed E-state index contributed by atoms with van der Waals surface area (Å²) in [6.45, 7) is 5.71. The van der Waals surface area contributed by atoms with Crippen molar-refractivity contribution in [2.24, 2.45) is 0 Å². The number of carbonyl (C=O) groups is 2. The minimum Gasteiger partial charge on any atom is -0.497 e. The number of piperazine rings is 2. The predicted octanol–water partition coefficient (Wildman–Crippen LogP) is 0.166. The quantitative estimate of drug-likeness (QED) is 0.823. The molecule has 0 unspecified atom stereocenters. The van der Waals surface area contributed by atoms with Gasteiger partial charge < -0.3 is 19.9 Å². The van der Waals surface area contributed by atoms with Crippen LogP contribution in [0.4, 0.5) is 5.69 Å². The third-order valence-corrected chi connectivity index (χ3v) is 4.83. The first-order chi connectivity index (χ1) is 12.2. The van der Waals surface area contributed by atoms with Gasteiger partial charge in [-0.15, -0.1) is 0 Å². The van der Waals surface area contributed by atoms with Crippen LogP contribution in [0.3, 0.4) is 0 Å². The molecule has 0 bridgehead atoms. The molecule has 1 N–H and O–H groups in total. The van der Waals surface area contributed by atoms with Crippen LogP contribution in [0, 0.1) is 0 Å². The maximum absolute atomic E-state index is 12.4. The summed E-state index contributed by atoms with van der Waals surface area (Å²) in [5, 5.41) is 2.80. The topological polar surface area (TPSA) is 65.1 Å². The molecule has 0 radical (unpaired) electrons. The van der Waals surface area contributed by atoms with Crippen LogP contribution in [0.2, 0.25) is 0 Å². The van der Waals surface area contributed by atoms with Crippen LogP contribution in [0.1, 0.15) is 6.42 Å². The fraction of sp³-hybridized carbons (Fsp3) is 0.556. The van der Waals surface area contributed by atoms with Gasteiger partial charge in [0.25, 0.3) is 0 Å². The van der Waals surface area contributed by atoms with E-state index in [0.29, 0.717) is 26.1 Å². The predicted molar refractivity (Wildman–Crippen MR) is 95.9 cm³/mol. The van der Waals surface area contributed by atoms with E-state index >= 15 is 0 Å². The maximum atomic E-state index is 12.4. The van der Waals surface area contributed by atoms with Crippen LogP contribution in [-0.2, 0) is 9.59 Å². The zero-order valence-electron chi connectivity index (χ0n) is 14.7. The lowest BCUT2D eigenvalue weighted by Crippen LogP contribution is -2.51. The number of amides is 2. The van der Waals surface area contributed by atoms with Gasteiger partial charge in [0, 0.05) is 57.9 Å². The van der Waals surface area contributed by atoms with Crippen LogP contribution >= 0.6 is 0 Å². The van der Waals surface area contributed by atoms with Crippen molar-refractivity contribution in [2.45, 2.75) is 6.42 Å². The van der Waals surface area contributed by atoms with E-state index in [2.05, 4.69) is 22.3 Å². The highest BCUT2D eigenvalue weighted by molar-refractivity contribution is 5.79. The standard InChI is InChI=1S/C18H26N4O3/c1-25-16-4-2-15(3-5-16)21-10-12-22(13-11-21)18(24)6-8-20-9-7-19-17(23)14-20/h2-5H,6-14H2,1H3,(H,19,23). The van der Waals surface area contributed by atoms with Gasteiger partial charge >= 0.3 is 0 Å². The molecule has 2 aliphatic heterocycles. The molecule has 0 spiro atoms. The van der Waals surface area contributed by atoms with Gasteiger partial charge in [-0.05, 0) is 24.3 Å². The first kappa shape index (κ1) is 17.5. The Morgan fingerprint density at radius 2 is 1.84 bits per heavy atom. The van der Waals surface area contributed by atoms with Crippen molar-refractivity contribution in [1.82, 2.24) is 15.1 Å². The summed E-state index contributed by atoms with van der Waals surface area (Å²) in [5.74, 6) is 1.08. The van der Waals surface area contributed by atoms with Gasteiger partial charge in [-0.3, -0.25) is 14.5 Å². The molecule has 0 aliphatic carbocycles. The van der Waals surface area contributed by atoms with Gasteiger partial charge in [0.1, 0.15) is 5.75 Å². The van der Waals surface area contributed by atoms with Crippen LogP contribution in [-0.4, -0.2) is 81.1 Å². The van der Waals surface area contributed by atoms with Crippen molar-refractivity contribution in [3.63, 3.8) is 0 Å². The number of benzene rings is 1. The number of nitrogens with one attached hydrogen (secondary N) is 1. The molecule has 7 nitrogen and oxygen atoms in total. The summed E-state index contributed by atoms with van der Waals surface area (Å²) in [7, 11) is 1.66. The lowest BCUT2D eigenvalue weighted by atomic mass is 10.2. The van der Waals surface area contributed by atoms with Gasteiger partial charge in [-0.2, -0.15) is 0 Å². The van der Waals surface area contributed by atoms with Crippen molar-refractivity contribution in [2.75, 3.05) is 64.4 Å². The Kier molecular flexibility index (Phi) is 5.75. The van der Waals surface area contributed by atoms with E-state index in [1.807, 2.05) is 21.9 Å². The Morgan fingerprint density at radius 3 is 2.48 bits per heavy atom. The molecule has 2 aliphatic rings. The Morgan fingerprint density at radius 1 is 1.12 bits per heavy atom. The summed E-state index contributed by atoms with van der Waals surface area (Å²) in [4.78, 5) is 30.1. The van der Waals surface area contributed by atoms with Crippen molar-refractivity contribution < 1.29 is 14.3 Å². The van der Waals surface area contributed by atoms with E-state index in [4.69, 9.17) is 4.74 Å². The van der Waals surface area contributed by atoms with Crippen molar-refractivity contribution >= 4 is 17.5 Å². The molecule has 2 amide bonds. The molecular formula is C18H26N4O3. The highest BCUT2D eigenvalue weighted by Gasteiger charge is 2.23. The molecule has 1 aromatic carbocycles. The second-order valence-corrected chi connectivity index (χ2v) is 6.44. The summed E-state index contributed by atoms with van der Waals surface area (Å²) >= 11 is 0. The van der Waals surface area contributed by atoms with E-state index < -0.39 is 0 Å². The molecule has 2 heterocycles. The Balaban J connectivity index is 1.43. The van der Waals surface area contributed by atoms with Crippen LogP contribution in [0.25, 0.3) is 0 Å². The number of carbonyl (C=O) groups excluding carboxylic acids is 2. The van der Waals surface area contributed by atoms with Crippen LogP contribution in [0.15, 0.2) is 24.3 Å². The SMILES string of the molecule is COc1ccc(N2CCN(C(=O)CCN3CCNC(=O)C3)CC2)cc1. The van der Waals surface area contributed by atoms with E-state index in [9.17, 15) is 9.59 Å². The van der Waals surface area contributed by atoms with Crippen LogP contribution in [0.5, 0.6) is 5.75 Å². The molecule has 7 heteroatoms. The molecule has 0 atom stereocenters. The van der Waals surface area contributed by atoms with E-state index in [1.165, 1.54) is 0 Å². The number of hydrogen-bond donors (Lipinski definition) is 1. The fourth-order valence-corrected chi connectivity index (χ4v) is 3.30. The number of rotatable bonds is 5. The number of ether oxygens (including phenoxy) is 1. The number of hydrogen-bond acceptors (Lipinski definition) is 5. The maximum Gasteiger partial charge on any atom is 0.234 e. The molecular weight excluding hydrogens is 320 g/mol. The summed E-state index contributed by atoms with van der Waals surface area (Å²) < 4.78 is 5.19. The smallest absolute Gasteiger partial charge is 0.234 e. The normalized spacial score (nSPS) is 18.8. The van der Waals surface area contributed by atoms with Crippen molar-refractivity contribution in [1.29, 1.82) is 0 Å². The lowest BCUT2D eigenvalue weighted by Gasteiger charge is -2.36. The molecule has 2 fully saturated rings. The average Bonchev–Trinajstić information content (AvgIpc) is 2.66. The average molecular weight is 346 g/mol. The van der Waals surface area contributed by atoms with Gasteiger partial charge in [0.05, 0.1) is 13.7 Å². The molecule has 0 saturated carbocycles. The number of anilines is 1. The second-order valence-electron chi connectivity index (χ2n) is 6.44. The molecule has 3 rings (SSSR count). The molecule has 25 heavy (non-hydrogen) atoms. The second kappa shape index (κ2) is 8.20. The first-order valence-electron chi connectivity index (χ1n) is 8.81. The third kappa shape index (κ3) is 4.63. The van der Waals surface area contributed by atoms with Crippen molar-refractivity contribution in [3.8, 4) is 5.75 Å². The van der Waals surface area contributed by atoms with Gasteiger partial charge in [-0.1, -0.05) is 0 Å². The van der Waals surface area contributed by atoms with Gasteiger partial charge in [-0.25, -0.2) is 0 Å². The Bertz CT molecular complexity index is 597. The zero-order chi connectivity index (χ0) is 17.6. The summed E-state index contributed by atoms with van der Waals surface area (Å²) in [6.07, 6.45) is 0.482. The highest BCUT2D eigenvalue weighted by Crippen LogP contribution is 2.20. The number of nitrogens with zero attached hydrogens (tertiary/aromatic N) is 3. The van der Waals surface area contributed by atoms with Gasteiger partial charge in [0.2, 0.25) is 11.8 Å². The van der Waals surface area contributed by atoms with Crippen LogP contribution < -0.4 is 15.0 Å². The van der Waals surface area contributed by atoms with Crippen molar-refractivity contribution in [3.05, 3.63) is 24.3 Å². The Labute approximate surface area is 148 Å². The lowest BCUT2D eigenvalue weighted by molar-refractivity contribution is -0.132. The Hall–Kier alpha value is -2.28. The fourth-order valence-electron chi connectivity index (χ4n) is 3.30. The number of methoxy groups -OCH3 is 1.